The standard InChI is InChI=1S/C19H24N4O3/c1-3-9-23-18(24)8-7-17(20-23)19(25)22-12-10-21(11-13-22)15-5-4-6-16(14-15)26-2/h4-8,14H,3,9-13H2,1-2H3. The highest BCUT2D eigenvalue weighted by molar-refractivity contribution is 5.92. The molecule has 26 heavy (non-hydrogen) atoms. The highest BCUT2D eigenvalue weighted by Crippen LogP contribution is 2.22. The molecule has 1 amide bonds. The van der Waals surface area contributed by atoms with Crippen LogP contribution in [-0.2, 0) is 6.54 Å². The van der Waals surface area contributed by atoms with Crippen molar-refractivity contribution in [2.75, 3.05) is 38.2 Å². The van der Waals surface area contributed by atoms with E-state index in [-0.39, 0.29) is 11.5 Å². The van der Waals surface area contributed by atoms with E-state index in [4.69, 9.17) is 4.74 Å². The second kappa shape index (κ2) is 8.03. The molecule has 0 atom stereocenters. The van der Waals surface area contributed by atoms with Gasteiger partial charge in [0.05, 0.1) is 7.11 Å². The Balaban J connectivity index is 1.66. The van der Waals surface area contributed by atoms with Crippen molar-refractivity contribution in [1.82, 2.24) is 14.7 Å². The summed E-state index contributed by atoms with van der Waals surface area (Å²) in [6.07, 6.45) is 0.795. The third-order valence-corrected chi connectivity index (χ3v) is 4.51. The molecule has 2 heterocycles. The maximum Gasteiger partial charge on any atom is 0.274 e. The average molecular weight is 356 g/mol. The number of rotatable bonds is 5. The molecular weight excluding hydrogens is 332 g/mol. The zero-order chi connectivity index (χ0) is 18.5. The van der Waals surface area contributed by atoms with Crippen molar-refractivity contribution in [2.45, 2.75) is 19.9 Å². The van der Waals surface area contributed by atoms with Gasteiger partial charge in [-0.1, -0.05) is 13.0 Å². The number of hydrogen-bond donors (Lipinski definition) is 0. The second-order valence-corrected chi connectivity index (χ2v) is 6.26. The number of carbonyl (C=O) groups is 1. The van der Waals surface area contributed by atoms with Crippen LogP contribution in [0.1, 0.15) is 23.8 Å². The van der Waals surface area contributed by atoms with Crippen LogP contribution in [0, 0.1) is 0 Å². The molecule has 0 spiro atoms. The summed E-state index contributed by atoms with van der Waals surface area (Å²) in [5, 5.41) is 4.22. The third-order valence-electron chi connectivity index (χ3n) is 4.51. The lowest BCUT2D eigenvalue weighted by Gasteiger charge is -2.36. The van der Waals surface area contributed by atoms with E-state index in [0.29, 0.717) is 25.3 Å². The lowest BCUT2D eigenvalue weighted by Crippen LogP contribution is -2.49. The Morgan fingerprint density at radius 3 is 2.62 bits per heavy atom. The third kappa shape index (κ3) is 3.87. The molecule has 1 aliphatic rings. The summed E-state index contributed by atoms with van der Waals surface area (Å²) in [5.74, 6) is 0.698. The van der Waals surface area contributed by atoms with Gasteiger partial charge in [-0.3, -0.25) is 9.59 Å². The summed E-state index contributed by atoms with van der Waals surface area (Å²) in [6, 6.07) is 10.9. The van der Waals surface area contributed by atoms with Gasteiger partial charge in [-0.25, -0.2) is 4.68 Å². The van der Waals surface area contributed by atoms with Crippen molar-refractivity contribution in [3.05, 3.63) is 52.4 Å². The Kier molecular flexibility index (Phi) is 5.55. The van der Waals surface area contributed by atoms with E-state index < -0.39 is 0 Å². The first-order chi connectivity index (χ1) is 12.6. The van der Waals surface area contributed by atoms with Crippen LogP contribution in [0.4, 0.5) is 5.69 Å². The number of hydrogen-bond acceptors (Lipinski definition) is 5. The van der Waals surface area contributed by atoms with Crippen molar-refractivity contribution >= 4 is 11.6 Å². The van der Waals surface area contributed by atoms with Crippen molar-refractivity contribution < 1.29 is 9.53 Å². The number of ether oxygens (including phenoxy) is 1. The zero-order valence-electron chi connectivity index (χ0n) is 15.2. The van der Waals surface area contributed by atoms with E-state index in [1.807, 2.05) is 31.2 Å². The Hall–Kier alpha value is -2.83. The Morgan fingerprint density at radius 2 is 1.92 bits per heavy atom. The lowest BCUT2D eigenvalue weighted by atomic mass is 10.2. The fraction of sp³-hybridized carbons (Fsp3) is 0.421. The van der Waals surface area contributed by atoms with Crippen LogP contribution in [0.3, 0.4) is 0 Å². The SMILES string of the molecule is CCCn1nc(C(=O)N2CCN(c3cccc(OC)c3)CC2)ccc1=O. The summed E-state index contributed by atoms with van der Waals surface area (Å²) in [4.78, 5) is 28.5. The predicted molar refractivity (Wildman–Crippen MR) is 99.9 cm³/mol. The largest absolute Gasteiger partial charge is 0.497 e. The molecule has 0 aliphatic carbocycles. The fourth-order valence-corrected chi connectivity index (χ4v) is 3.07. The summed E-state index contributed by atoms with van der Waals surface area (Å²) in [7, 11) is 1.65. The molecule has 7 heteroatoms. The monoisotopic (exact) mass is 356 g/mol. The molecule has 3 rings (SSSR count). The van der Waals surface area contributed by atoms with E-state index in [1.165, 1.54) is 16.8 Å². The first kappa shape index (κ1) is 18.0. The van der Waals surface area contributed by atoms with Crippen LogP contribution in [0.25, 0.3) is 0 Å². The van der Waals surface area contributed by atoms with Crippen molar-refractivity contribution in [2.24, 2.45) is 0 Å². The van der Waals surface area contributed by atoms with Gasteiger partial charge >= 0.3 is 0 Å². The van der Waals surface area contributed by atoms with Gasteiger partial charge in [0.25, 0.3) is 11.5 Å². The minimum atomic E-state index is -0.175. The Labute approximate surface area is 152 Å². The van der Waals surface area contributed by atoms with Crippen molar-refractivity contribution in [3.8, 4) is 5.75 Å². The van der Waals surface area contributed by atoms with Gasteiger partial charge in [-0.2, -0.15) is 5.10 Å². The van der Waals surface area contributed by atoms with Crippen LogP contribution < -0.4 is 15.2 Å². The summed E-state index contributed by atoms with van der Waals surface area (Å²) in [6.45, 7) is 5.21. The number of anilines is 1. The van der Waals surface area contributed by atoms with E-state index in [0.717, 1.165) is 30.9 Å². The molecule has 0 N–H and O–H groups in total. The molecule has 0 unspecified atom stereocenters. The molecule has 1 aromatic heterocycles. The van der Waals surface area contributed by atoms with Crippen LogP contribution >= 0.6 is 0 Å². The number of amides is 1. The smallest absolute Gasteiger partial charge is 0.274 e. The van der Waals surface area contributed by atoms with Crippen LogP contribution in [-0.4, -0.2) is 53.9 Å². The number of aromatic nitrogens is 2. The fourth-order valence-electron chi connectivity index (χ4n) is 3.07. The molecule has 1 aliphatic heterocycles. The number of benzene rings is 1. The highest BCUT2D eigenvalue weighted by Gasteiger charge is 2.23. The molecule has 1 fully saturated rings. The molecule has 0 radical (unpaired) electrons. The summed E-state index contributed by atoms with van der Waals surface area (Å²) < 4.78 is 6.64. The zero-order valence-corrected chi connectivity index (χ0v) is 15.2. The maximum atomic E-state index is 12.7. The van der Waals surface area contributed by atoms with Crippen molar-refractivity contribution in [3.63, 3.8) is 0 Å². The van der Waals surface area contributed by atoms with E-state index in [2.05, 4.69) is 10.00 Å². The topological polar surface area (TPSA) is 67.7 Å². The molecule has 2 aromatic rings. The number of methoxy groups -OCH3 is 1. The maximum absolute atomic E-state index is 12.7. The van der Waals surface area contributed by atoms with E-state index >= 15 is 0 Å². The quantitative estimate of drug-likeness (QED) is 0.814. The molecule has 1 aromatic carbocycles. The van der Waals surface area contributed by atoms with Gasteiger partial charge in [0.1, 0.15) is 11.4 Å². The molecule has 1 saturated heterocycles. The first-order valence-corrected chi connectivity index (χ1v) is 8.89. The molecule has 138 valence electrons. The van der Waals surface area contributed by atoms with Gasteiger partial charge in [0, 0.05) is 50.5 Å². The van der Waals surface area contributed by atoms with Crippen LogP contribution in [0.2, 0.25) is 0 Å². The van der Waals surface area contributed by atoms with Gasteiger partial charge in [-0.15, -0.1) is 0 Å². The summed E-state index contributed by atoms with van der Waals surface area (Å²) >= 11 is 0. The average Bonchev–Trinajstić information content (AvgIpc) is 2.69. The molecule has 7 nitrogen and oxygen atoms in total. The molecule has 0 bridgehead atoms. The van der Waals surface area contributed by atoms with Crippen LogP contribution in [0.5, 0.6) is 5.75 Å². The van der Waals surface area contributed by atoms with Crippen LogP contribution in [0.15, 0.2) is 41.2 Å². The van der Waals surface area contributed by atoms with Gasteiger partial charge in [-0.05, 0) is 24.6 Å². The van der Waals surface area contributed by atoms with Gasteiger partial charge in [0.2, 0.25) is 0 Å². The lowest BCUT2D eigenvalue weighted by molar-refractivity contribution is 0.0738. The minimum absolute atomic E-state index is 0.125. The van der Waals surface area contributed by atoms with Gasteiger partial charge < -0.3 is 14.5 Å². The molecule has 0 saturated carbocycles. The second-order valence-electron chi connectivity index (χ2n) is 6.26. The predicted octanol–water partition coefficient (Wildman–Crippen LogP) is 1.62. The number of carbonyl (C=O) groups excluding carboxylic acids is 1. The Morgan fingerprint density at radius 1 is 1.15 bits per heavy atom. The molecular formula is C19H24N4O3. The van der Waals surface area contributed by atoms with Crippen molar-refractivity contribution in [1.29, 1.82) is 0 Å². The number of aryl methyl sites for hydroxylation is 1. The highest BCUT2D eigenvalue weighted by atomic mass is 16.5. The number of piperazine rings is 1. The number of nitrogens with zero attached hydrogens (tertiary/aromatic N) is 4. The normalized spacial score (nSPS) is 14.4. The first-order valence-electron chi connectivity index (χ1n) is 8.89. The minimum Gasteiger partial charge on any atom is -0.497 e. The summed E-state index contributed by atoms with van der Waals surface area (Å²) in [5.41, 5.74) is 1.24. The van der Waals surface area contributed by atoms with E-state index in [9.17, 15) is 9.59 Å². The Bertz CT molecular complexity index is 826. The van der Waals surface area contributed by atoms with E-state index in [1.54, 1.807) is 12.0 Å². The van der Waals surface area contributed by atoms with Gasteiger partial charge in [0.15, 0.2) is 0 Å².